The molecule has 8 heteroatoms. The lowest BCUT2D eigenvalue weighted by Gasteiger charge is -2.17. The van der Waals surface area contributed by atoms with E-state index in [-0.39, 0.29) is 18.0 Å². The maximum Gasteiger partial charge on any atom is 0.279 e. The minimum Gasteiger partial charge on any atom is -0.324 e. The second kappa shape index (κ2) is 6.81. The quantitative estimate of drug-likeness (QED) is 0.747. The third-order valence-electron chi connectivity index (χ3n) is 4.59. The highest BCUT2D eigenvalue weighted by Gasteiger charge is 2.24. The summed E-state index contributed by atoms with van der Waals surface area (Å²) in [6, 6.07) is 6.85. The van der Waals surface area contributed by atoms with Gasteiger partial charge in [0.1, 0.15) is 6.54 Å². The fraction of sp³-hybridized carbons (Fsp3) is 0.333. The Kier molecular flexibility index (Phi) is 4.50. The van der Waals surface area contributed by atoms with Gasteiger partial charge in [-0.05, 0) is 48.9 Å². The van der Waals surface area contributed by atoms with Crippen molar-refractivity contribution in [2.45, 2.75) is 32.7 Å². The second-order valence-corrected chi connectivity index (χ2v) is 8.16. The molecule has 0 bridgehead atoms. The SMILES string of the molecule is C[C@@H]1CCc2c(sc3nnn(CC(=O)Nc4cccc(Cl)c4)c(=O)c23)C1. The van der Waals surface area contributed by atoms with Crippen LogP contribution in [0.5, 0.6) is 0 Å². The molecule has 4 rings (SSSR count). The van der Waals surface area contributed by atoms with Crippen molar-refractivity contribution in [1.29, 1.82) is 0 Å². The molecule has 1 N–H and O–H groups in total. The maximum absolute atomic E-state index is 12.9. The molecule has 2 heterocycles. The number of carbonyl (C=O) groups is 1. The first-order valence-corrected chi connectivity index (χ1v) is 9.64. The highest BCUT2D eigenvalue weighted by atomic mass is 35.5. The first-order valence-electron chi connectivity index (χ1n) is 8.44. The number of thiophene rings is 1. The van der Waals surface area contributed by atoms with Gasteiger partial charge in [-0.25, -0.2) is 4.68 Å². The fourth-order valence-corrected chi connectivity index (χ4v) is 4.81. The topological polar surface area (TPSA) is 76.9 Å². The van der Waals surface area contributed by atoms with Gasteiger partial charge in [0.25, 0.3) is 5.56 Å². The van der Waals surface area contributed by atoms with Crippen LogP contribution in [0, 0.1) is 5.92 Å². The zero-order chi connectivity index (χ0) is 18.3. The predicted molar refractivity (Wildman–Crippen MR) is 103 cm³/mol. The molecule has 1 aliphatic carbocycles. The van der Waals surface area contributed by atoms with Gasteiger partial charge in [-0.1, -0.05) is 29.8 Å². The van der Waals surface area contributed by atoms with Crippen LogP contribution in [0.25, 0.3) is 10.2 Å². The molecule has 1 amide bonds. The Hall–Kier alpha value is -2.25. The van der Waals surface area contributed by atoms with E-state index in [0.29, 0.717) is 26.8 Å². The lowest BCUT2D eigenvalue weighted by atomic mass is 9.89. The normalized spacial score (nSPS) is 16.5. The van der Waals surface area contributed by atoms with Crippen LogP contribution in [0.4, 0.5) is 5.69 Å². The van der Waals surface area contributed by atoms with Crippen molar-refractivity contribution >= 4 is 44.7 Å². The molecule has 0 radical (unpaired) electrons. The molecular formula is C18H17ClN4O2S. The van der Waals surface area contributed by atoms with Crippen molar-refractivity contribution in [2.24, 2.45) is 5.92 Å². The highest BCUT2D eigenvalue weighted by molar-refractivity contribution is 7.18. The fourth-order valence-electron chi connectivity index (χ4n) is 3.30. The molecule has 0 saturated carbocycles. The molecule has 1 aliphatic rings. The van der Waals surface area contributed by atoms with Crippen LogP contribution >= 0.6 is 22.9 Å². The molecule has 1 aromatic carbocycles. The van der Waals surface area contributed by atoms with Crippen molar-refractivity contribution in [3.63, 3.8) is 0 Å². The van der Waals surface area contributed by atoms with Gasteiger partial charge in [0.2, 0.25) is 5.91 Å². The molecular weight excluding hydrogens is 372 g/mol. The largest absolute Gasteiger partial charge is 0.324 e. The van der Waals surface area contributed by atoms with Crippen LogP contribution in [0.2, 0.25) is 5.02 Å². The van der Waals surface area contributed by atoms with E-state index in [9.17, 15) is 9.59 Å². The first kappa shape index (κ1) is 17.2. The van der Waals surface area contributed by atoms with Crippen molar-refractivity contribution in [3.8, 4) is 0 Å². The van der Waals surface area contributed by atoms with Crippen LogP contribution in [0.1, 0.15) is 23.8 Å². The molecule has 0 spiro atoms. The molecule has 0 fully saturated rings. The average Bonchev–Trinajstić information content (AvgIpc) is 2.95. The van der Waals surface area contributed by atoms with Gasteiger partial charge in [-0.15, -0.1) is 16.4 Å². The third-order valence-corrected chi connectivity index (χ3v) is 5.96. The number of aryl methyl sites for hydroxylation is 1. The monoisotopic (exact) mass is 388 g/mol. The predicted octanol–water partition coefficient (Wildman–Crippen LogP) is 3.27. The van der Waals surface area contributed by atoms with E-state index < -0.39 is 0 Å². The Morgan fingerprint density at radius 1 is 1.46 bits per heavy atom. The summed E-state index contributed by atoms with van der Waals surface area (Å²) in [5, 5.41) is 12.0. The summed E-state index contributed by atoms with van der Waals surface area (Å²) in [5.74, 6) is 0.273. The van der Waals surface area contributed by atoms with E-state index in [1.165, 1.54) is 4.88 Å². The smallest absolute Gasteiger partial charge is 0.279 e. The number of nitrogens with zero attached hydrogens (tertiary/aromatic N) is 3. The number of hydrogen-bond donors (Lipinski definition) is 1. The van der Waals surface area contributed by atoms with Crippen molar-refractivity contribution in [3.05, 3.63) is 50.1 Å². The number of halogens is 1. The van der Waals surface area contributed by atoms with Crippen LogP contribution in [0.15, 0.2) is 29.1 Å². The van der Waals surface area contributed by atoms with E-state index in [0.717, 1.165) is 29.5 Å². The van der Waals surface area contributed by atoms with E-state index >= 15 is 0 Å². The molecule has 3 aromatic rings. The molecule has 2 aromatic heterocycles. The number of benzene rings is 1. The Bertz CT molecular complexity index is 1060. The van der Waals surface area contributed by atoms with Gasteiger partial charge in [0.15, 0.2) is 4.83 Å². The lowest BCUT2D eigenvalue weighted by molar-refractivity contribution is -0.117. The van der Waals surface area contributed by atoms with Crippen LogP contribution in [-0.2, 0) is 24.2 Å². The summed E-state index contributed by atoms with van der Waals surface area (Å²) in [6.45, 7) is 2.03. The summed E-state index contributed by atoms with van der Waals surface area (Å²) in [4.78, 5) is 27.0. The van der Waals surface area contributed by atoms with Gasteiger partial charge in [0, 0.05) is 15.6 Å². The van der Waals surface area contributed by atoms with E-state index in [4.69, 9.17) is 11.6 Å². The Balaban J connectivity index is 1.62. The Morgan fingerprint density at radius 3 is 3.12 bits per heavy atom. The lowest BCUT2D eigenvalue weighted by Crippen LogP contribution is -2.30. The number of hydrogen-bond acceptors (Lipinski definition) is 5. The van der Waals surface area contributed by atoms with E-state index in [1.54, 1.807) is 35.6 Å². The maximum atomic E-state index is 12.9. The molecule has 134 valence electrons. The van der Waals surface area contributed by atoms with Gasteiger partial charge in [-0.3, -0.25) is 9.59 Å². The highest BCUT2D eigenvalue weighted by Crippen LogP contribution is 2.35. The number of aromatic nitrogens is 3. The molecule has 6 nitrogen and oxygen atoms in total. The van der Waals surface area contributed by atoms with Crippen molar-refractivity contribution < 1.29 is 4.79 Å². The van der Waals surface area contributed by atoms with Crippen molar-refractivity contribution in [1.82, 2.24) is 15.0 Å². The van der Waals surface area contributed by atoms with Crippen molar-refractivity contribution in [2.75, 3.05) is 5.32 Å². The number of amides is 1. The number of rotatable bonds is 3. The third kappa shape index (κ3) is 3.24. The first-order chi connectivity index (χ1) is 12.5. The summed E-state index contributed by atoms with van der Waals surface area (Å²) in [7, 11) is 0. The van der Waals surface area contributed by atoms with Gasteiger partial charge < -0.3 is 5.32 Å². The van der Waals surface area contributed by atoms with Gasteiger partial charge >= 0.3 is 0 Å². The molecule has 1 atom stereocenters. The van der Waals surface area contributed by atoms with Crippen LogP contribution in [0.3, 0.4) is 0 Å². The molecule has 26 heavy (non-hydrogen) atoms. The number of fused-ring (bicyclic) bond motifs is 3. The minimum absolute atomic E-state index is 0.185. The Labute approximate surface area is 158 Å². The summed E-state index contributed by atoms with van der Waals surface area (Å²) in [5.41, 5.74) is 1.42. The number of nitrogens with one attached hydrogen (secondary N) is 1. The molecule has 0 saturated heterocycles. The number of carbonyl (C=O) groups excluding carboxylic acids is 1. The van der Waals surface area contributed by atoms with Crippen LogP contribution < -0.4 is 10.9 Å². The zero-order valence-electron chi connectivity index (χ0n) is 14.2. The number of anilines is 1. The van der Waals surface area contributed by atoms with E-state index in [1.807, 2.05) is 0 Å². The van der Waals surface area contributed by atoms with Crippen LogP contribution in [-0.4, -0.2) is 20.9 Å². The Morgan fingerprint density at radius 2 is 2.31 bits per heavy atom. The zero-order valence-corrected chi connectivity index (χ0v) is 15.7. The van der Waals surface area contributed by atoms with Gasteiger partial charge in [-0.2, -0.15) is 0 Å². The van der Waals surface area contributed by atoms with Gasteiger partial charge in [0.05, 0.1) is 5.39 Å². The minimum atomic E-state index is -0.347. The molecule has 0 unspecified atom stereocenters. The molecule has 0 aliphatic heterocycles. The summed E-state index contributed by atoms with van der Waals surface area (Å²) in [6.07, 6.45) is 2.92. The summed E-state index contributed by atoms with van der Waals surface area (Å²) >= 11 is 7.46. The average molecular weight is 389 g/mol. The van der Waals surface area contributed by atoms with E-state index in [2.05, 4.69) is 22.6 Å². The second-order valence-electron chi connectivity index (χ2n) is 6.64. The summed E-state index contributed by atoms with van der Waals surface area (Å²) < 4.78 is 1.13. The standard InChI is InChI=1S/C18H17ClN4O2S/c1-10-5-6-13-14(7-10)26-17-16(13)18(25)23(22-21-17)9-15(24)20-12-4-2-3-11(19)8-12/h2-4,8,10H,5-7,9H2,1H3,(H,20,24)/t10-/m1/s1.